The molecule has 0 spiro atoms. The van der Waals surface area contributed by atoms with E-state index in [0.717, 1.165) is 6.42 Å². The molecule has 0 radical (unpaired) electrons. The molecule has 1 aliphatic rings. The van der Waals surface area contributed by atoms with Crippen molar-refractivity contribution in [1.82, 2.24) is 4.90 Å². The van der Waals surface area contributed by atoms with Crippen LogP contribution in [0.5, 0.6) is 0 Å². The molecule has 1 fully saturated rings. The Morgan fingerprint density at radius 1 is 1.41 bits per heavy atom. The number of aliphatic carboxylic acids is 1. The van der Waals surface area contributed by atoms with Crippen molar-refractivity contribution in [2.45, 2.75) is 50.6 Å². The molecule has 0 unspecified atom stereocenters. The number of hydrogen-bond donors (Lipinski definition) is 2. The maximum absolute atomic E-state index is 12.1. The maximum Gasteiger partial charge on any atom is 0.326 e. The van der Waals surface area contributed by atoms with Crippen LogP contribution in [0.1, 0.15) is 19.8 Å². The van der Waals surface area contributed by atoms with Crippen molar-refractivity contribution < 1.29 is 14.7 Å². The highest BCUT2D eigenvalue weighted by atomic mass is 28.3. The van der Waals surface area contributed by atoms with E-state index in [4.69, 9.17) is 5.73 Å². The summed E-state index contributed by atoms with van der Waals surface area (Å²) >= 11 is 0. The smallest absolute Gasteiger partial charge is 0.326 e. The van der Waals surface area contributed by atoms with Crippen LogP contribution in [0.25, 0.3) is 0 Å². The number of carboxylic acid groups (broad SMARTS) is 1. The van der Waals surface area contributed by atoms with Gasteiger partial charge in [0, 0.05) is 6.54 Å². The van der Waals surface area contributed by atoms with Gasteiger partial charge in [-0.2, -0.15) is 0 Å². The average Bonchev–Trinajstić information content (AvgIpc) is 2.59. The summed E-state index contributed by atoms with van der Waals surface area (Å²) in [4.78, 5) is 25.3. The number of likely N-dealkylation sites (tertiary alicyclic amines) is 1. The maximum atomic E-state index is 12.1. The van der Waals surface area contributed by atoms with Crippen molar-refractivity contribution in [3.05, 3.63) is 0 Å². The van der Waals surface area contributed by atoms with E-state index in [1.807, 2.05) is 19.6 Å². The topological polar surface area (TPSA) is 83.6 Å². The Bertz CT molecular complexity index is 338. The summed E-state index contributed by atoms with van der Waals surface area (Å²) < 4.78 is 0. The number of hydrogen-bond acceptors (Lipinski definition) is 3. The summed E-state index contributed by atoms with van der Waals surface area (Å²) in [7, 11) is -2.06. The average molecular weight is 258 g/mol. The summed E-state index contributed by atoms with van der Waals surface area (Å²) in [6.45, 7) is 8.10. The Labute approximate surface area is 103 Å². The highest BCUT2D eigenvalue weighted by Gasteiger charge is 2.58. The Morgan fingerprint density at radius 3 is 2.29 bits per heavy atom. The minimum absolute atomic E-state index is 0.243. The molecule has 0 bridgehead atoms. The number of rotatable bonds is 3. The predicted molar refractivity (Wildman–Crippen MR) is 68.3 cm³/mol. The van der Waals surface area contributed by atoms with Crippen LogP contribution in [0.4, 0.5) is 0 Å². The molecule has 0 aliphatic carbocycles. The number of carbonyl (C=O) groups is 2. The van der Waals surface area contributed by atoms with E-state index in [-0.39, 0.29) is 5.91 Å². The zero-order chi connectivity index (χ0) is 13.4. The minimum Gasteiger partial charge on any atom is -0.480 e. The third kappa shape index (κ3) is 2.11. The second-order valence-electron chi connectivity index (χ2n) is 5.80. The molecule has 1 aliphatic heterocycles. The molecule has 5 nitrogen and oxygen atoms in total. The first kappa shape index (κ1) is 14.2. The van der Waals surface area contributed by atoms with E-state index < -0.39 is 25.2 Å². The van der Waals surface area contributed by atoms with Gasteiger partial charge in [0.15, 0.2) is 0 Å². The van der Waals surface area contributed by atoms with E-state index in [1.54, 1.807) is 6.92 Å². The molecule has 0 aromatic carbocycles. The van der Waals surface area contributed by atoms with Crippen molar-refractivity contribution in [3.63, 3.8) is 0 Å². The second-order valence-corrected chi connectivity index (χ2v) is 11.1. The Kier molecular flexibility index (Phi) is 3.68. The highest BCUT2D eigenvalue weighted by molar-refractivity contribution is 6.82. The predicted octanol–water partition coefficient (Wildman–Crippen LogP) is 0.657. The van der Waals surface area contributed by atoms with Gasteiger partial charge < -0.3 is 15.7 Å². The van der Waals surface area contributed by atoms with Crippen LogP contribution in [0, 0.1) is 0 Å². The molecule has 0 aromatic rings. The minimum atomic E-state index is -2.06. The summed E-state index contributed by atoms with van der Waals surface area (Å²) in [6, 6.07) is -0.636. The molecule has 98 valence electrons. The molecule has 6 heteroatoms. The SMILES string of the molecule is C[C@H](N)C(=O)N1CCC[C@]1(C(=O)O)[Si](C)(C)C. The monoisotopic (exact) mass is 258 g/mol. The first-order valence-electron chi connectivity index (χ1n) is 5.95. The van der Waals surface area contributed by atoms with Crippen LogP contribution < -0.4 is 5.73 Å². The molecule has 0 saturated carbocycles. The first-order valence-corrected chi connectivity index (χ1v) is 9.45. The molecule has 17 heavy (non-hydrogen) atoms. The fourth-order valence-electron chi connectivity index (χ4n) is 2.69. The molecule has 2 atom stereocenters. The number of nitrogens with zero attached hydrogens (tertiary/aromatic N) is 1. The summed E-state index contributed by atoms with van der Waals surface area (Å²) in [5, 5.41) is 8.61. The molecule has 1 saturated heterocycles. The third-order valence-electron chi connectivity index (χ3n) is 3.63. The van der Waals surface area contributed by atoms with Gasteiger partial charge >= 0.3 is 5.97 Å². The van der Waals surface area contributed by atoms with Crippen molar-refractivity contribution in [2.24, 2.45) is 5.73 Å². The standard InChI is InChI=1S/C11H22N2O3Si/c1-8(12)9(14)13-7-5-6-11(13,10(15)16)17(2,3)4/h8H,5-7,12H2,1-4H3,(H,15,16)/t8-,11+/m0/s1. The van der Waals surface area contributed by atoms with E-state index in [1.165, 1.54) is 4.90 Å². The number of carbonyl (C=O) groups excluding carboxylic acids is 1. The lowest BCUT2D eigenvalue weighted by Crippen LogP contribution is -2.68. The van der Waals surface area contributed by atoms with Crippen LogP contribution in [0.15, 0.2) is 0 Å². The van der Waals surface area contributed by atoms with E-state index in [9.17, 15) is 14.7 Å². The van der Waals surface area contributed by atoms with Gasteiger partial charge in [-0.15, -0.1) is 0 Å². The van der Waals surface area contributed by atoms with Gasteiger partial charge in [-0.1, -0.05) is 19.6 Å². The van der Waals surface area contributed by atoms with Crippen molar-refractivity contribution in [1.29, 1.82) is 0 Å². The molecule has 0 aromatic heterocycles. The van der Waals surface area contributed by atoms with Gasteiger partial charge in [-0.25, -0.2) is 0 Å². The second kappa shape index (κ2) is 4.42. The largest absolute Gasteiger partial charge is 0.480 e. The molecular weight excluding hydrogens is 236 g/mol. The third-order valence-corrected chi connectivity index (χ3v) is 6.85. The fraction of sp³-hybridized carbons (Fsp3) is 0.818. The van der Waals surface area contributed by atoms with Gasteiger partial charge in [0.05, 0.1) is 14.1 Å². The normalized spacial score (nSPS) is 27.0. The van der Waals surface area contributed by atoms with Gasteiger partial charge in [0.1, 0.15) is 5.16 Å². The number of carboxylic acids is 1. The first-order chi connectivity index (χ1) is 7.64. The summed E-state index contributed by atoms with van der Waals surface area (Å²) in [6.07, 6.45) is 1.30. The lowest BCUT2D eigenvalue weighted by molar-refractivity contribution is -0.151. The zero-order valence-corrected chi connectivity index (χ0v) is 12.0. The zero-order valence-electron chi connectivity index (χ0n) is 11.0. The Balaban J connectivity index is 3.22. The van der Waals surface area contributed by atoms with E-state index in [2.05, 4.69) is 0 Å². The van der Waals surface area contributed by atoms with Crippen LogP contribution in [-0.2, 0) is 9.59 Å². The molecule has 1 amide bonds. The summed E-state index contributed by atoms with van der Waals surface area (Å²) in [5.41, 5.74) is 5.61. The van der Waals surface area contributed by atoms with Crippen LogP contribution >= 0.6 is 0 Å². The Hall–Kier alpha value is -0.883. The highest BCUT2D eigenvalue weighted by Crippen LogP contribution is 2.38. The van der Waals surface area contributed by atoms with Gasteiger partial charge in [0.25, 0.3) is 0 Å². The van der Waals surface area contributed by atoms with Gasteiger partial charge in [-0.05, 0) is 19.8 Å². The van der Waals surface area contributed by atoms with Crippen LogP contribution in [-0.4, -0.2) is 47.7 Å². The molecule has 1 heterocycles. The molecule has 1 rings (SSSR count). The fourth-order valence-corrected chi connectivity index (χ4v) is 5.29. The summed E-state index contributed by atoms with van der Waals surface area (Å²) in [5.74, 6) is -1.12. The van der Waals surface area contributed by atoms with Gasteiger partial charge in [-0.3, -0.25) is 9.59 Å². The number of nitrogens with two attached hydrogens (primary N) is 1. The lowest BCUT2D eigenvalue weighted by Gasteiger charge is -2.44. The van der Waals surface area contributed by atoms with Crippen molar-refractivity contribution in [3.8, 4) is 0 Å². The van der Waals surface area contributed by atoms with E-state index in [0.29, 0.717) is 13.0 Å². The lowest BCUT2D eigenvalue weighted by atomic mass is 10.2. The van der Waals surface area contributed by atoms with Crippen molar-refractivity contribution >= 4 is 20.0 Å². The van der Waals surface area contributed by atoms with Crippen LogP contribution in [0.3, 0.4) is 0 Å². The molecule has 3 N–H and O–H groups in total. The van der Waals surface area contributed by atoms with Crippen molar-refractivity contribution in [2.75, 3.05) is 6.54 Å². The van der Waals surface area contributed by atoms with Crippen LogP contribution in [0.2, 0.25) is 19.6 Å². The Morgan fingerprint density at radius 2 is 1.94 bits per heavy atom. The van der Waals surface area contributed by atoms with Gasteiger partial charge in [0.2, 0.25) is 5.91 Å². The number of amides is 1. The quantitative estimate of drug-likeness (QED) is 0.728. The molecular formula is C11H22N2O3Si. The van der Waals surface area contributed by atoms with E-state index >= 15 is 0 Å².